The fraction of sp³-hybridized carbons (Fsp3) is 0.294. The monoisotopic (exact) mass is 332 g/mol. The maximum Gasteiger partial charge on any atom is 0.266 e. The molecule has 0 radical (unpaired) electrons. The molecule has 23 heavy (non-hydrogen) atoms. The predicted molar refractivity (Wildman–Crippen MR) is 87.8 cm³/mol. The maximum atomic E-state index is 13.2. The fourth-order valence-electron chi connectivity index (χ4n) is 2.53. The standard InChI is InChI=1S/C17H17FN2O2S/c1-20(10-13-5-6-23-11-13)17(21)16-9-15(19-22-16)8-12-3-2-4-14(18)7-12/h2-7,11,16H,8-10H2,1H3/t16-/m1/s1. The highest BCUT2D eigenvalue weighted by Crippen LogP contribution is 2.18. The smallest absolute Gasteiger partial charge is 0.266 e. The molecule has 0 unspecified atom stereocenters. The van der Waals surface area contributed by atoms with Gasteiger partial charge < -0.3 is 9.74 Å². The van der Waals surface area contributed by atoms with E-state index in [9.17, 15) is 9.18 Å². The first-order chi connectivity index (χ1) is 11.1. The lowest BCUT2D eigenvalue weighted by Crippen LogP contribution is -2.36. The Morgan fingerprint density at radius 1 is 1.43 bits per heavy atom. The Bertz CT molecular complexity index is 715. The van der Waals surface area contributed by atoms with Crippen molar-refractivity contribution in [1.82, 2.24) is 4.90 Å². The number of carbonyl (C=O) groups excluding carboxylic acids is 1. The van der Waals surface area contributed by atoms with Crippen LogP contribution in [0, 0.1) is 5.82 Å². The number of benzene rings is 1. The van der Waals surface area contributed by atoms with Crippen molar-refractivity contribution >= 4 is 23.0 Å². The van der Waals surface area contributed by atoms with Crippen LogP contribution in [0.15, 0.2) is 46.2 Å². The third-order valence-corrected chi connectivity index (χ3v) is 4.41. The second-order valence-electron chi connectivity index (χ2n) is 5.59. The van der Waals surface area contributed by atoms with Crippen LogP contribution in [-0.4, -0.2) is 29.7 Å². The molecule has 0 bridgehead atoms. The molecule has 1 aliphatic rings. The molecule has 120 valence electrons. The lowest BCUT2D eigenvalue weighted by molar-refractivity contribution is -0.141. The largest absolute Gasteiger partial charge is 0.382 e. The normalized spacial score (nSPS) is 16.8. The Labute approximate surface area is 138 Å². The molecule has 0 N–H and O–H groups in total. The van der Waals surface area contributed by atoms with Crippen LogP contribution in [0.3, 0.4) is 0 Å². The van der Waals surface area contributed by atoms with E-state index in [2.05, 4.69) is 5.16 Å². The van der Waals surface area contributed by atoms with Gasteiger partial charge in [-0.15, -0.1) is 0 Å². The average molecular weight is 332 g/mol. The van der Waals surface area contributed by atoms with E-state index in [-0.39, 0.29) is 11.7 Å². The van der Waals surface area contributed by atoms with Gasteiger partial charge in [0, 0.05) is 26.4 Å². The second-order valence-corrected chi connectivity index (χ2v) is 6.37. The number of rotatable bonds is 5. The number of carbonyl (C=O) groups is 1. The highest BCUT2D eigenvalue weighted by atomic mass is 32.1. The summed E-state index contributed by atoms with van der Waals surface area (Å²) in [6.07, 6.45) is 0.362. The van der Waals surface area contributed by atoms with Crippen molar-refractivity contribution in [3.63, 3.8) is 0 Å². The van der Waals surface area contributed by atoms with Gasteiger partial charge in [-0.1, -0.05) is 17.3 Å². The molecule has 1 aromatic heterocycles. The minimum atomic E-state index is -0.581. The van der Waals surface area contributed by atoms with E-state index >= 15 is 0 Å². The maximum absolute atomic E-state index is 13.2. The summed E-state index contributed by atoms with van der Waals surface area (Å²) in [7, 11) is 1.76. The second kappa shape index (κ2) is 6.91. The Morgan fingerprint density at radius 2 is 2.30 bits per heavy atom. The van der Waals surface area contributed by atoms with Crippen LogP contribution in [-0.2, 0) is 22.6 Å². The molecule has 1 atom stereocenters. The van der Waals surface area contributed by atoms with E-state index in [4.69, 9.17) is 4.84 Å². The summed E-state index contributed by atoms with van der Waals surface area (Å²) in [5.41, 5.74) is 2.69. The summed E-state index contributed by atoms with van der Waals surface area (Å²) in [4.78, 5) is 19.3. The van der Waals surface area contributed by atoms with Crippen molar-refractivity contribution in [2.45, 2.75) is 25.5 Å². The van der Waals surface area contributed by atoms with Crippen LogP contribution >= 0.6 is 11.3 Å². The van der Waals surface area contributed by atoms with Gasteiger partial charge in [0.1, 0.15) is 5.82 Å². The van der Waals surface area contributed by atoms with E-state index < -0.39 is 6.10 Å². The zero-order chi connectivity index (χ0) is 16.2. The molecule has 0 saturated heterocycles. The first-order valence-corrected chi connectivity index (χ1v) is 8.28. The molecule has 1 aliphatic heterocycles. The summed E-state index contributed by atoms with van der Waals surface area (Å²) in [5.74, 6) is -0.362. The Balaban J connectivity index is 1.54. The Hall–Kier alpha value is -2.21. The zero-order valence-corrected chi connectivity index (χ0v) is 13.6. The number of nitrogens with zero attached hydrogens (tertiary/aromatic N) is 2. The molecule has 3 rings (SSSR count). The summed E-state index contributed by atoms with van der Waals surface area (Å²) in [5, 5.41) is 8.00. The molecule has 2 aromatic rings. The van der Waals surface area contributed by atoms with Gasteiger partial charge in [-0.2, -0.15) is 11.3 Å². The summed E-state index contributed by atoms with van der Waals surface area (Å²) < 4.78 is 13.2. The summed E-state index contributed by atoms with van der Waals surface area (Å²) in [6.45, 7) is 0.557. The quantitative estimate of drug-likeness (QED) is 0.843. The summed E-state index contributed by atoms with van der Waals surface area (Å²) >= 11 is 1.61. The van der Waals surface area contributed by atoms with Gasteiger partial charge in [0.15, 0.2) is 0 Å². The van der Waals surface area contributed by atoms with Crippen LogP contribution in [0.25, 0.3) is 0 Å². The molecule has 2 heterocycles. The minimum Gasteiger partial charge on any atom is -0.382 e. The minimum absolute atomic E-state index is 0.0887. The topological polar surface area (TPSA) is 41.9 Å². The van der Waals surface area contributed by atoms with Crippen LogP contribution in [0.4, 0.5) is 4.39 Å². The first kappa shape index (κ1) is 15.7. The van der Waals surface area contributed by atoms with Gasteiger partial charge in [-0.05, 0) is 40.1 Å². The number of hydrogen-bond acceptors (Lipinski definition) is 4. The van der Waals surface area contributed by atoms with E-state index in [0.717, 1.165) is 16.8 Å². The van der Waals surface area contributed by atoms with Gasteiger partial charge in [-0.25, -0.2) is 4.39 Å². The molecule has 0 spiro atoms. The van der Waals surface area contributed by atoms with Crippen molar-refractivity contribution in [3.05, 3.63) is 58.0 Å². The van der Waals surface area contributed by atoms with Crippen LogP contribution < -0.4 is 0 Å². The van der Waals surface area contributed by atoms with Crippen LogP contribution in [0.1, 0.15) is 17.5 Å². The van der Waals surface area contributed by atoms with Crippen molar-refractivity contribution < 1.29 is 14.0 Å². The number of hydrogen-bond donors (Lipinski definition) is 0. The molecule has 1 aromatic carbocycles. The molecule has 1 amide bonds. The average Bonchev–Trinajstić information content (AvgIpc) is 3.18. The van der Waals surface area contributed by atoms with E-state index in [1.54, 1.807) is 29.4 Å². The van der Waals surface area contributed by atoms with E-state index in [1.807, 2.05) is 22.9 Å². The third-order valence-electron chi connectivity index (χ3n) is 3.68. The number of thiophene rings is 1. The van der Waals surface area contributed by atoms with Crippen molar-refractivity contribution in [1.29, 1.82) is 0 Å². The van der Waals surface area contributed by atoms with Crippen molar-refractivity contribution in [3.8, 4) is 0 Å². The highest BCUT2D eigenvalue weighted by molar-refractivity contribution is 7.07. The van der Waals surface area contributed by atoms with Gasteiger partial charge in [0.2, 0.25) is 6.10 Å². The third kappa shape index (κ3) is 3.96. The van der Waals surface area contributed by atoms with Crippen LogP contribution in [0.5, 0.6) is 0 Å². The molecular weight excluding hydrogens is 315 g/mol. The molecule has 0 fully saturated rings. The zero-order valence-electron chi connectivity index (χ0n) is 12.7. The van der Waals surface area contributed by atoms with Crippen molar-refractivity contribution in [2.75, 3.05) is 7.05 Å². The molecule has 0 aliphatic carbocycles. The molecule has 6 heteroatoms. The van der Waals surface area contributed by atoms with E-state index in [0.29, 0.717) is 19.4 Å². The SMILES string of the molecule is CN(Cc1ccsc1)C(=O)[C@H]1CC(Cc2cccc(F)c2)=NO1. The molecular formula is C17H17FN2O2S. The highest BCUT2D eigenvalue weighted by Gasteiger charge is 2.30. The molecule has 4 nitrogen and oxygen atoms in total. The number of halogens is 1. The summed E-state index contributed by atoms with van der Waals surface area (Å²) in [6, 6.07) is 8.38. The Morgan fingerprint density at radius 3 is 3.04 bits per heavy atom. The van der Waals surface area contributed by atoms with E-state index in [1.165, 1.54) is 12.1 Å². The lowest BCUT2D eigenvalue weighted by Gasteiger charge is -2.19. The van der Waals surface area contributed by atoms with Crippen LogP contribution in [0.2, 0.25) is 0 Å². The van der Waals surface area contributed by atoms with Gasteiger partial charge in [0.05, 0.1) is 5.71 Å². The Kier molecular flexibility index (Phi) is 4.71. The lowest BCUT2D eigenvalue weighted by atomic mass is 10.0. The van der Waals surface area contributed by atoms with Crippen molar-refractivity contribution in [2.24, 2.45) is 5.16 Å². The molecule has 0 saturated carbocycles. The number of amides is 1. The van der Waals surface area contributed by atoms with Gasteiger partial charge in [-0.3, -0.25) is 4.79 Å². The number of oxime groups is 1. The first-order valence-electron chi connectivity index (χ1n) is 7.34. The van der Waals surface area contributed by atoms with Gasteiger partial charge in [0.25, 0.3) is 5.91 Å². The number of likely N-dealkylation sites (N-methyl/N-ethyl adjacent to an activating group) is 1. The predicted octanol–water partition coefficient (Wildman–Crippen LogP) is 3.23. The van der Waals surface area contributed by atoms with Gasteiger partial charge >= 0.3 is 0 Å². The fourth-order valence-corrected chi connectivity index (χ4v) is 3.19.